The van der Waals surface area contributed by atoms with Crippen LogP contribution >= 0.6 is 59.4 Å². The van der Waals surface area contributed by atoms with Crippen molar-refractivity contribution in [2.24, 2.45) is 0 Å². The molecule has 1 heterocycles. The van der Waals surface area contributed by atoms with E-state index in [1.54, 1.807) is 6.07 Å². The molecule has 0 spiro atoms. The zero-order valence-corrected chi connectivity index (χ0v) is 16.4. The van der Waals surface area contributed by atoms with Gasteiger partial charge in [0.15, 0.2) is 0 Å². The highest BCUT2D eigenvalue weighted by molar-refractivity contribution is 9.11. The Labute approximate surface area is 151 Å². The molecule has 2 rings (SSSR count). The van der Waals surface area contributed by atoms with Gasteiger partial charge in [0.2, 0.25) is 0 Å². The Hall–Kier alpha value is -0.350. The van der Waals surface area contributed by atoms with Crippen LogP contribution in [0.2, 0.25) is 5.15 Å². The average Bonchev–Trinajstić information content (AvgIpc) is 2.31. The molecule has 3 N–H and O–H groups in total. The monoisotopic (exact) mass is 517 g/mol. The lowest BCUT2D eigenvalue weighted by molar-refractivity contribution is 0.601. The lowest BCUT2D eigenvalue weighted by atomic mass is 10.3. The van der Waals surface area contributed by atoms with Gasteiger partial charge in [0.25, 0.3) is 10.0 Å². The largest absolute Gasteiger partial charge is 0.398 e. The topological polar surface area (TPSA) is 85.1 Å². The fourth-order valence-corrected chi connectivity index (χ4v) is 5.11. The number of pyridine rings is 1. The van der Waals surface area contributed by atoms with E-state index in [2.05, 4.69) is 57.5 Å². The molecule has 112 valence electrons. The fourth-order valence-electron chi connectivity index (χ4n) is 1.55. The third kappa shape index (κ3) is 3.89. The second-order valence-corrected chi connectivity index (χ2v) is 8.51. The minimum atomic E-state index is -3.87. The van der Waals surface area contributed by atoms with E-state index in [0.717, 1.165) is 0 Å². The van der Waals surface area contributed by atoms with Gasteiger partial charge in [0, 0.05) is 8.95 Å². The highest BCUT2D eigenvalue weighted by atomic mass is 79.9. The minimum absolute atomic E-state index is 0.0447. The molecule has 21 heavy (non-hydrogen) atoms. The van der Waals surface area contributed by atoms with Crippen molar-refractivity contribution in [3.63, 3.8) is 0 Å². The first-order valence-electron chi connectivity index (χ1n) is 5.29. The molecule has 1 aromatic heterocycles. The van der Waals surface area contributed by atoms with Gasteiger partial charge in [0.05, 0.1) is 22.0 Å². The summed E-state index contributed by atoms with van der Waals surface area (Å²) in [4.78, 5) is 3.81. The van der Waals surface area contributed by atoms with Crippen molar-refractivity contribution in [2.45, 2.75) is 4.90 Å². The summed E-state index contributed by atoms with van der Waals surface area (Å²) in [6.45, 7) is 0. The molecular formula is C11H7Br3ClN3O2S. The SMILES string of the molecule is Nc1cc(Br)cc(Br)c1S(=O)(=O)Nc1cnc(Cl)c(Br)c1. The van der Waals surface area contributed by atoms with Gasteiger partial charge in [-0.1, -0.05) is 27.5 Å². The molecule has 0 aliphatic heterocycles. The van der Waals surface area contributed by atoms with Crippen LogP contribution < -0.4 is 10.5 Å². The summed E-state index contributed by atoms with van der Waals surface area (Å²) in [7, 11) is -3.87. The van der Waals surface area contributed by atoms with E-state index in [-0.39, 0.29) is 21.4 Å². The number of nitrogens with zero attached hydrogens (tertiary/aromatic N) is 1. The van der Waals surface area contributed by atoms with Crippen LogP contribution in [0.15, 0.2) is 42.7 Å². The Balaban J connectivity index is 2.46. The number of aromatic nitrogens is 1. The normalized spacial score (nSPS) is 11.4. The number of nitrogens with one attached hydrogen (secondary N) is 1. The Bertz CT molecular complexity index is 791. The Morgan fingerprint density at radius 1 is 1.14 bits per heavy atom. The predicted molar refractivity (Wildman–Crippen MR) is 94.0 cm³/mol. The van der Waals surface area contributed by atoms with Gasteiger partial charge in [-0.2, -0.15) is 0 Å². The maximum Gasteiger partial charge on any atom is 0.265 e. The first-order chi connectivity index (χ1) is 9.70. The Kier molecular flexibility index (Phi) is 5.19. The smallest absolute Gasteiger partial charge is 0.265 e. The van der Waals surface area contributed by atoms with E-state index >= 15 is 0 Å². The molecule has 1 aromatic carbocycles. The van der Waals surface area contributed by atoms with Crippen LogP contribution in [0.3, 0.4) is 0 Å². The zero-order valence-electron chi connectivity index (χ0n) is 10.1. The van der Waals surface area contributed by atoms with Crippen LogP contribution in [0.5, 0.6) is 0 Å². The van der Waals surface area contributed by atoms with Gasteiger partial charge < -0.3 is 5.73 Å². The number of sulfonamides is 1. The molecule has 2 aromatic rings. The molecule has 5 nitrogen and oxygen atoms in total. The summed E-state index contributed by atoms with van der Waals surface area (Å²) in [5, 5.41) is 0.238. The van der Waals surface area contributed by atoms with E-state index in [1.165, 1.54) is 18.3 Å². The van der Waals surface area contributed by atoms with Crippen molar-refractivity contribution in [1.82, 2.24) is 4.98 Å². The van der Waals surface area contributed by atoms with Crippen molar-refractivity contribution in [3.8, 4) is 0 Å². The van der Waals surface area contributed by atoms with Crippen LogP contribution in [-0.2, 0) is 10.0 Å². The van der Waals surface area contributed by atoms with Crippen LogP contribution in [-0.4, -0.2) is 13.4 Å². The second-order valence-electron chi connectivity index (χ2n) is 3.91. The standard InChI is InChI=1S/C11H7Br3ClN3O2S/c12-5-1-7(13)10(9(16)2-5)21(19,20)18-6-3-8(14)11(15)17-4-6/h1-4,18H,16H2. The highest BCUT2D eigenvalue weighted by Gasteiger charge is 2.22. The number of hydrogen-bond acceptors (Lipinski definition) is 4. The summed E-state index contributed by atoms with van der Waals surface area (Å²) in [5.41, 5.74) is 6.17. The van der Waals surface area contributed by atoms with E-state index in [1.807, 2.05) is 0 Å². The molecule has 0 saturated carbocycles. The third-order valence-electron chi connectivity index (χ3n) is 2.35. The van der Waals surface area contributed by atoms with Crippen LogP contribution in [0.4, 0.5) is 11.4 Å². The van der Waals surface area contributed by atoms with Crippen LogP contribution in [0, 0.1) is 0 Å². The molecule has 0 fully saturated rings. The van der Waals surface area contributed by atoms with Gasteiger partial charge in [-0.05, 0) is 50.1 Å². The highest BCUT2D eigenvalue weighted by Crippen LogP contribution is 2.33. The molecule has 0 atom stereocenters. The van der Waals surface area contributed by atoms with Gasteiger partial charge in [-0.25, -0.2) is 13.4 Å². The second kappa shape index (κ2) is 6.41. The summed E-state index contributed by atoms with van der Waals surface area (Å²) >= 11 is 15.4. The first kappa shape index (κ1) is 17.0. The molecule has 0 radical (unpaired) electrons. The number of nitrogens with two attached hydrogens (primary N) is 1. The molecule has 10 heteroatoms. The van der Waals surface area contributed by atoms with Crippen molar-refractivity contribution in [3.05, 3.63) is 43.0 Å². The maximum absolute atomic E-state index is 12.4. The van der Waals surface area contributed by atoms with Gasteiger partial charge in [0.1, 0.15) is 10.0 Å². The number of nitrogen functional groups attached to an aromatic ring is 1. The molecular weight excluding hydrogens is 513 g/mol. The number of anilines is 2. The van der Waals surface area contributed by atoms with E-state index in [9.17, 15) is 8.42 Å². The average molecular weight is 520 g/mol. The maximum atomic E-state index is 12.4. The van der Waals surface area contributed by atoms with E-state index < -0.39 is 10.0 Å². The summed E-state index contributed by atoms with van der Waals surface area (Å²) in [5.74, 6) is 0. The van der Waals surface area contributed by atoms with Crippen molar-refractivity contribution >= 4 is 80.8 Å². The van der Waals surface area contributed by atoms with Crippen molar-refractivity contribution < 1.29 is 8.42 Å². The lowest BCUT2D eigenvalue weighted by Crippen LogP contribution is -2.15. The van der Waals surface area contributed by atoms with Crippen molar-refractivity contribution in [1.29, 1.82) is 0 Å². The number of benzene rings is 1. The summed E-state index contributed by atoms with van der Waals surface area (Å²) < 4.78 is 28.8. The molecule has 0 aliphatic carbocycles. The fraction of sp³-hybridized carbons (Fsp3) is 0. The Morgan fingerprint density at radius 2 is 1.81 bits per heavy atom. The van der Waals surface area contributed by atoms with Gasteiger partial charge >= 0.3 is 0 Å². The summed E-state index contributed by atoms with van der Waals surface area (Å²) in [6, 6.07) is 4.62. The number of halogens is 4. The van der Waals surface area contributed by atoms with E-state index in [4.69, 9.17) is 17.3 Å². The quantitative estimate of drug-likeness (QED) is 0.464. The molecule has 0 bridgehead atoms. The minimum Gasteiger partial charge on any atom is -0.398 e. The molecule has 0 unspecified atom stereocenters. The molecule has 0 amide bonds. The van der Waals surface area contributed by atoms with Crippen LogP contribution in [0.25, 0.3) is 0 Å². The van der Waals surface area contributed by atoms with Gasteiger partial charge in [-0.3, -0.25) is 4.72 Å². The predicted octanol–water partition coefficient (Wildman–Crippen LogP) is 4.41. The Morgan fingerprint density at radius 3 is 2.38 bits per heavy atom. The molecule has 0 aliphatic rings. The first-order valence-corrected chi connectivity index (χ1v) is 9.53. The molecule has 0 saturated heterocycles. The number of rotatable bonds is 3. The van der Waals surface area contributed by atoms with Gasteiger partial charge in [-0.15, -0.1) is 0 Å². The summed E-state index contributed by atoms with van der Waals surface area (Å²) in [6.07, 6.45) is 1.31. The zero-order chi connectivity index (χ0) is 15.8. The lowest BCUT2D eigenvalue weighted by Gasteiger charge is -2.12. The third-order valence-corrected chi connectivity index (χ3v) is 6.33. The van der Waals surface area contributed by atoms with Crippen molar-refractivity contribution in [2.75, 3.05) is 10.5 Å². The van der Waals surface area contributed by atoms with Crippen LogP contribution in [0.1, 0.15) is 0 Å². The number of hydrogen-bond donors (Lipinski definition) is 2. The van der Waals surface area contributed by atoms with E-state index in [0.29, 0.717) is 13.4 Å².